The zero-order chi connectivity index (χ0) is 15.1. The highest BCUT2D eigenvalue weighted by molar-refractivity contribution is 6.29. The van der Waals surface area contributed by atoms with Crippen molar-refractivity contribution in [2.45, 2.75) is 25.3 Å². The number of fused-ring (bicyclic) bond motifs is 1. The second kappa shape index (κ2) is 5.37. The molecule has 0 unspecified atom stereocenters. The van der Waals surface area contributed by atoms with Crippen LogP contribution in [0.3, 0.4) is 0 Å². The minimum absolute atomic E-state index is 0.148. The summed E-state index contributed by atoms with van der Waals surface area (Å²) in [5, 5.41) is 0.221. The van der Waals surface area contributed by atoms with Crippen molar-refractivity contribution in [3.05, 3.63) is 23.1 Å². The number of nitrogens with zero attached hydrogens (tertiary/aromatic N) is 2. The molecule has 2 heterocycles. The van der Waals surface area contributed by atoms with E-state index in [1.807, 2.05) is 7.05 Å². The molecule has 2 amide bonds. The molecular weight excluding hydrogens is 292 g/mol. The molecule has 1 saturated carbocycles. The van der Waals surface area contributed by atoms with Crippen LogP contribution in [0.25, 0.3) is 0 Å². The Labute approximate surface area is 128 Å². The highest BCUT2D eigenvalue weighted by Crippen LogP contribution is 2.40. The zero-order valence-electron chi connectivity index (χ0n) is 12.2. The summed E-state index contributed by atoms with van der Waals surface area (Å²) in [5.41, 5.74) is 0. The van der Waals surface area contributed by atoms with E-state index in [9.17, 15) is 9.59 Å². The number of furan rings is 1. The number of hydrogen-bond acceptors (Lipinski definition) is 3. The van der Waals surface area contributed by atoms with Crippen LogP contribution in [0.2, 0.25) is 5.22 Å². The molecule has 1 aliphatic carbocycles. The molecule has 2 aliphatic rings. The molecule has 21 heavy (non-hydrogen) atoms. The predicted molar refractivity (Wildman–Crippen MR) is 78.1 cm³/mol. The average Bonchev–Trinajstić information content (AvgIpc) is 3.04. The molecule has 0 N–H and O–H groups in total. The molecule has 1 aliphatic heterocycles. The van der Waals surface area contributed by atoms with Gasteiger partial charge in [-0.1, -0.05) is 0 Å². The van der Waals surface area contributed by atoms with Gasteiger partial charge in [-0.3, -0.25) is 9.59 Å². The van der Waals surface area contributed by atoms with Gasteiger partial charge in [-0.25, -0.2) is 0 Å². The van der Waals surface area contributed by atoms with Gasteiger partial charge in [0.2, 0.25) is 5.91 Å². The van der Waals surface area contributed by atoms with Crippen LogP contribution in [0.15, 0.2) is 16.5 Å². The summed E-state index contributed by atoms with van der Waals surface area (Å²) in [7, 11) is 3.65. The Hall–Kier alpha value is -1.49. The summed E-state index contributed by atoms with van der Waals surface area (Å²) in [6, 6.07) is 3.33. The Morgan fingerprint density at radius 1 is 1.38 bits per heavy atom. The van der Waals surface area contributed by atoms with Gasteiger partial charge in [0.1, 0.15) is 0 Å². The lowest BCUT2D eigenvalue weighted by atomic mass is 9.88. The van der Waals surface area contributed by atoms with Crippen LogP contribution in [0.5, 0.6) is 0 Å². The predicted octanol–water partition coefficient (Wildman–Crippen LogP) is 2.26. The smallest absolute Gasteiger partial charge is 0.289 e. The van der Waals surface area contributed by atoms with Crippen molar-refractivity contribution in [3.63, 3.8) is 0 Å². The second-order valence-electron chi connectivity index (χ2n) is 6.14. The van der Waals surface area contributed by atoms with E-state index >= 15 is 0 Å². The van der Waals surface area contributed by atoms with Crippen molar-refractivity contribution in [2.24, 2.45) is 11.8 Å². The molecule has 1 saturated heterocycles. The van der Waals surface area contributed by atoms with Gasteiger partial charge in [0, 0.05) is 33.1 Å². The summed E-state index contributed by atoms with van der Waals surface area (Å²) >= 11 is 5.72. The average molecular weight is 311 g/mol. The van der Waals surface area contributed by atoms with E-state index in [0.717, 1.165) is 19.4 Å². The fourth-order valence-corrected chi connectivity index (χ4v) is 3.72. The van der Waals surface area contributed by atoms with Gasteiger partial charge in [0.05, 0.1) is 0 Å². The van der Waals surface area contributed by atoms with Crippen molar-refractivity contribution in [1.82, 2.24) is 9.80 Å². The molecule has 3 rings (SSSR count). The van der Waals surface area contributed by atoms with E-state index in [-0.39, 0.29) is 28.8 Å². The van der Waals surface area contributed by atoms with E-state index in [1.54, 1.807) is 29.0 Å². The Morgan fingerprint density at radius 3 is 2.76 bits per heavy atom. The Kier molecular flexibility index (Phi) is 3.69. The van der Waals surface area contributed by atoms with E-state index < -0.39 is 0 Å². The van der Waals surface area contributed by atoms with Crippen LogP contribution in [0.4, 0.5) is 0 Å². The van der Waals surface area contributed by atoms with Gasteiger partial charge in [-0.15, -0.1) is 0 Å². The van der Waals surface area contributed by atoms with Crippen LogP contribution in [-0.4, -0.2) is 48.3 Å². The monoisotopic (exact) mass is 310 g/mol. The summed E-state index contributed by atoms with van der Waals surface area (Å²) in [6.45, 7) is 0.800. The van der Waals surface area contributed by atoms with E-state index in [1.165, 1.54) is 0 Å². The summed E-state index contributed by atoms with van der Waals surface area (Å²) < 4.78 is 5.19. The number of amides is 2. The third-order valence-electron chi connectivity index (χ3n) is 4.84. The molecule has 0 aromatic carbocycles. The third-order valence-corrected chi connectivity index (χ3v) is 5.04. The largest absolute Gasteiger partial charge is 0.440 e. The molecule has 6 heteroatoms. The van der Waals surface area contributed by atoms with Crippen LogP contribution in [0, 0.1) is 11.8 Å². The maximum atomic E-state index is 12.4. The molecule has 0 bridgehead atoms. The van der Waals surface area contributed by atoms with Crippen molar-refractivity contribution in [3.8, 4) is 0 Å². The number of hydrogen-bond donors (Lipinski definition) is 0. The van der Waals surface area contributed by atoms with E-state index in [2.05, 4.69) is 0 Å². The molecular formula is C15H19ClN2O3. The van der Waals surface area contributed by atoms with Crippen molar-refractivity contribution in [1.29, 1.82) is 0 Å². The summed E-state index contributed by atoms with van der Waals surface area (Å²) in [5.74, 6) is 1.22. The van der Waals surface area contributed by atoms with Crippen LogP contribution in [0.1, 0.15) is 29.8 Å². The van der Waals surface area contributed by atoms with Crippen LogP contribution < -0.4 is 0 Å². The number of likely N-dealkylation sites (tertiary alicyclic amines) is 1. The van der Waals surface area contributed by atoms with Gasteiger partial charge in [0.25, 0.3) is 5.91 Å². The van der Waals surface area contributed by atoms with Crippen molar-refractivity contribution in [2.75, 3.05) is 20.6 Å². The minimum Gasteiger partial charge on any atom is -0.440 e. The number of carbonyl (C=O) groups excluding carboxylic acids is 2. The SMILES string of the molecule is CN1C[C@H]2C[C@@H](N(C)C(=O)c3ccc(Cl)o3)C[C@H]2CC1=O. The van der Waals surface area contributed by atoms with Gasteiger partial charge in [-0.05, 0) is 48.4 Å². The Balaban J connectivity index is 1.68. The first kappa shape index (κ1) is 14.4. The standard InChI is InChI=1S/C15H19ClN2O3/c1-17-8-10-6-11(5-9(10)7-14(17)19)18(2)15(20)12-3-4-13(16)21-12/h3-4,9-11H,5-8H2,1-2H3/t9-,10+,11-/m0/s1. The minimum atomic E-state index is -0.148. The quantitative estimate of drug-likeness (QED) is 0.842. The molecule has 0 radical (unpaired) electrons. The lowest BCUT2D eigenvalue weighted by Gasteiger charge is -2.31. The van der Waals surface area contributed by atoms with E-state index in [0.29, 0.717) is 18.3 Å². The van der Waals surface area contributed by atoms with Crippen LogP contribution in [-0.2, 0) is 4.79 Å². The van der Waals surface area contributed by atoms with Gasteiger partial charge in [0.15, 0.2) is 11.0 Å². The van der Waals surface area contributed by atoms with E-state index in [4.69, 9.17) is 16.0 Å². The molecule has 2 fully saturated rings. The van der Waals surface area contributed by atoms with Gasteiger partial charge >= 0.3 is 0 Å². The number of rotatable bonds is 2. The Bertz CT molecular complexity index is 571. The number of piperidine rings is 1. The zero-order valence-corrected chi connectivity index (χ0v) is 13.0. The Morgan fingerprint density at radius 2 is 2.10 bits per heavy atom. The number of carbonyl (C=O) groups is 2. The van der Waals surface area contributed by atoms with Crippen LogP contribution >= 0.6 is 11.6 Å². The van der Waals surface area contributed by atoms with Crippen molar-refractivity contribution >= 4 is 23.4 Å². The second-order valence-corrected chi connectivity index (χ2v) is 6.52. The molecule has 114 valence electrons. The third kappa shape index (κ3) is 2.67. The summed E-state index contributed by atoms with van der Waals surface area (Å²) in [4.78, 5) is 27.7. The highest BCUT2D eigenvalue weighted by Gasteiger charge is 2.42. The summed E-state index contributed by atoms with van der Waals surface area (Å²) in [6.07, 6.45) is 2.44. The maximum absolute atomic E-state index is 12.4. The number of halogens is 1. The maximum Gasteiger partial charge on any atom is 0.289 e. The first-order valence-electron chi connectivity index (χ1n) is 7.22. The molecule has 1 aromatic heterocycles. The van der Waals surface area contributed by atoms with Gasteiger partial charge in [-0.2, -0.15) is 0 Å². The normalized spacial score (nSPS) is 28.6. The topological polar surface area (TPSA) is 53.8 Å². The molecule has 3 atom stereocenters. The molecule has 1 aromatic rings. The fourth-order valence-electron chi connectivity index (χ4n) is 3.57. The van der Waals surface area contributed by atoms with Gasteiger partial charge < -0.3 is 14.2 Å². The lowest BCUT2D eigenvalue weighted by molar-refractivity contribution is -0.134. The van der Waals surface area contributed by atoms with Crippen molar-refractivity contribution < 1.29 is 14.0 Å². The lowest BCUT2D eigenvalue weighted by Crippen LogP contribution is -2.39. The first-order valence-corrected chi connectivity index (χ1v) is 7.60. The molecule has 0 spiro atoms. The highest BCUT2D eigenvalue weighted by atomic mass is 35.5. The molecule has 5 nitrogen and oxygen atoms in total. The fraction of sp³-hybridized carbons (Fsp3) is 0.600. The first-order chi connectivity index (χ1) is 9.95.